The monoisotopic (exact) mass is 251 g/mol. The molecule has 4 heteroatoms. The summed E-state index contributed by atoms with van der Waals surface area (Å²) in [6.45, 7) is 4.61. The molecule has 0 radical (unpaired) electrons. The normalized spacial score (nSPS) is 11.9. The minimum Gasteiger partial charge on any atom is -0.497 e. The fourth-order valence-corrected chi connectivity index (χ4v) is 1.74. The first-order chi connectivity index (χ1) is 8.56. The van der Waals surface area contributed by atoms with Crippen LogP contribution in [0.3, 0.4) is 0 Å². The summed E-state index contributed by atoms with van der Waals surface area (Å²) in [7, 11) is 1.53. The predicted molar refractivity (Wildman–Crippen MR) is 71.8 cm³/mol. The van der Waals surface area contributed by atoms with Crippen molar-refractivity contribution in [2.75, 3.05) is 19.5 Å². The zero-order valence-electron chi connectivity index (χ0n) is 11.2. The lowest BCUT2D eigenvalue weighted by atomic mass is 10.1. The maximum absolute atomic E-state index is 11.8. The number of carbonyl (C=O) groups is 1. The quantitative estimate of drug-likeness (QED) is 0.623. The second-order valence-corrected chi connectivity index (χ2v) is 4.49. The smallest absolute Gasteiger partial charge is 0.338 e. The molecule has 0 spiro atoms. The minimum atomic E-state index is -0.358. The van der Waals surface area contributed by atoms with Crippen LogP contribution >= 0.6 is 0 Å². The van der Waals surface area contributed by atoms with E-state index in [1.165, 1.54) is 7.11 Å². The van der Waals surface area contributed by atoms with E-state index in [9.17, 15) is 4.79 Å². The van der Waals surface area contributed by atoms with Crippen LogP contribution in [0.15, 0.2) is 18.2 Å². The van der Waals surface area contributed by atoms with Gasteiger partial charge in [-0.3, -0.25) is 0 Å². The molecule has 2 N–H and O–H groups in total. The molecule has 4 nitrogen and oxygen atoms in total. The predicted octanol–water partition coefficient (Wildman–Crippen LogP) is 2.87. The van der Waals surface area contributed by atoms with Gasteiger partial charge in [0.15, 0.2) is 0 Å². The lowest BCUT2D eigenvalue weighted by Crippen LogP contribution is -2.12. The van der Waals surface area contributed by atoms with Gasteiger partial charge in [0, 0.05) is 11.8 Å². The first-order valence-electron chi connectivity index (χ1n) is 6.18. The van der Waals surface area contributed by atoms with Gasteiger partial charge in [0.25, 0.3) is 0 Å². The number of methoxy groups -OCH3 is 1. The molecule has 0 aliphatic heterocycles. The topological polar surface area (TPSA) is 61.5 Å². The van der Waals surface area contributed by atoms with Gasteiger partial charge in [-0.2, -0.15) is 0 Å². The Bertz CT molecular complexity index is 404. The van der Waals surface area contributed by atoms with Crippen molar-refractivity contribution in [2.45, 2.75) is 26.7 Å². The van der Waals surface area contributed by atoms with E-state index < -0.39 is 0 Å². The number of hydrogen-bond acceptors (Lipinski definition) is 4. The standard InChI is InChI=1S/C14H21NO3/c1-4-5-10(2)9-18-14(16)11-6-12(15)8-13(7-11)17-3/h6-8,10H,4-5,9,15H2,1-3H3. The number of benzene rings is 1. The van der Waals surface area contributed by atoms with Gasteiger partial charge in [-0.15, -0.1) is 0 Å². The molecule has 0 saturated carbocycles. The Morgan fingerprint density at radius 3 is 2.72 bits per heavy atom. The Balaban J connectivity index is 2.63. The zero-order valence-corrected chi connectivity index (χ0v) is 11.2. The van der Waals surface area contributed by atoms with Gasteiger partial charge in [-0.1, -0.05) is 20.3 Å². The first kappa shape index (κ1) is 14.4. The molecular formula is C14H21NO3. The second-order valence-electron chi connectivity index (χ2n) is 4.49. The molecule has 1 atom stereocenters. The highest BCUT2D eigenvalue weighted by atomic mass is 16.5. The molecule has 1 aromatic carbocycles. The summed E-state index contributed by atoms with van der Waals surface area (Å²) in [4.78, 5) is 11.8. The largest absolute Gasteiger partial charge is 0.497 e. The Hall–Kier alpha value is -1.71. The molecule has 18 heavy (non-hydrogen) atoms. The summed E-state index contributed by atoms with van der Waals surface area (Å²) >= 11 is 0. The van der Waals surface area contributed by atoms with Crippen molar-refractivity contribution in [3.8, 4) is 5.75 Å². The number of hydrogen-bond donors (Lipinski definition) is 1. The molecule has 1 unspecified atom stereocenters. The van der Waals surface area contributed by atoms with Gasteiger partial charge in [-0.25, -0.2) is 4.79 Å². The van der Waals surface area contributed by atoms with E-state index in [4.69, 9.17) is 15.2 Å². The third-order valence-electron chi connectivity index (χ3n) is 2.68. The van der Waals surface area contributed by atoms with Crippen LogP contribution in [0.5, 0.6) is 5.75 Å². The summed E-state index contributed by atoms with van der Waals surface area (Å²) in [6.07, 6.45) is 2.14. The summed E-state index contributed by atoms with van der Waals surface area (Å²) in [5.41, 5.74) is 6.60. The lowest BCUT2D eigenvalue weighted by molar-refractivity contribution is 0.0443. The fraction of sp³-hybridized carbons (Fsp3) is 0.500. The molecule has 1 aromatic rings. The number of anilines is 1. The average Bonchev–Trinajstić information content (AvgIpc) is 2.35. The molecule has 100 valence electrons. The fourth-order valence-electron chi connectivity index (χ4n) is 1.74. The van der Waals surface area contributed by atoms with Crippen LogP contribution in [0, 0.1) is 5.92 Å². The highest BCUT2D eigenvalue weighted by Crippen LogP contribution is 2.19. The van der Waals surface area contributed by atoms with Crippen LogP contribution in [-0.4, -0.2) is 19.7 Å². The number of ether oxygens (including phenoxy) is 2. The van der Waals surface area contributed by atoms with Gasteiger partial charge < -0.3 is 15.2 Å². The molecule has 1 rings (SSSR count). The van der Waals surface area contributed by atoms with E-state index >= 15 is 0 Å². The molecule has 0 heterocycles. The van der Waals surface area contributed by atoms with E-state index in [1.54, 1.807) is 18.2 Å². The number of carbonyl (C=O) groups excluding carboxylic acids is 1. The number of esters is 1. The average molecular weight is 251 g/mol. The second kappa shape index (κ2) is 6.89. The van der Waals surface area contributed by atoms with Crippen LogP contribution in [0.4, 0.5) is 5.69 Å². The van der Waals surface area contributed by atoms with Crippen molar-refractivity contribution in [3.05, 3.63) is 23.8 Å². The first-order valence-corrected chi connectivity index (χ1v) is 6.18. The van der Waals surface area contributed by atoms with Crippen LogP contribution in [0.25, 0.3) is 0 Å². The Morgan fingerprint density at radius 2 is 2.11 bits per heavy atom. The molecule has 0 amide bonds. The van der Waals surface area contributed by atoms with Crippen molar-refractivity contribution in [1.29, 1.82) is 0 Å². The molecule has 0 aliphatic rings. The Kier molecular flexibility index (Phi) is 5.49. The number of nitrogen functional groups attached to an aromatic ring is 1. The molecule has 0 bridgehead atoms. The van der Waals surface area contributed by atoms with E-state index in [2.05, 4.69) is 13.8 Å². The molecule has 0 aliphatic carbocycles. The maximum atomic E-state index is 11.8. The highest BCUT2D eigenvalue weighted by molar-refractivity contribution is 5.91. The SMILES string of the molecule is CCCC(C)COC(=O)c1cc(N)cc(OC)c1. The maximum Gasteiger partial charge on any atom is 0.338 e. The van der Waals surface area contributed by atoms with Crippen molar-refractivity contribution in [3.63, 3.8) is 0 Å². The van der Waals surface area contributed by atoms with Gasteiger partial charge in [0.2, 0.25) is 0 Å². The van der Waals surface area contributed by atoms with Gasteiger partial charge in [0.05, 0.1) is 19.3 Å². The van der Waals surface area contributed by atoms with E-state index in [0.29, 0.717) is 29.5 Å². The number of rotatable bonds is 6. The molecule has 0 fully saturated rings. The van der Waals surface area contributed by atoms with Crippen LogP contribution in [0.1, 0.15) is 37.0 Å². The van der Waals surface area contributed by atoms with Gasteiger partial charge >= 0.3 is 5.97 Å². The Labute approximate surface area is 108 Å². The van der Waals surface area contributed by atoms with Crippen LogP contribution in [-0.2, 0) is 4.74 Å². The minimum absolute atomic E-state index is 0.358. The van der Waals surface area contributed by atoms with Crippen molar-refractivity contribution < 1.29 is 14.3 Å². The van der Waals surface area contributed by atoms with Crippen molar-refractivity contribution >= 4 is 11.7 Å². The molecule has 0 saturated heterocycles. The summed E-state index contributed by atoms with van der Waals surface area (Å²) in [6, 6.07) is 4.88. The van der Waals surface area contributed by atoms with E-state index in [0.717, 1.165) is 12.8 Å². The summed E-state index contributed by atoms with van der Waals surface area (Å²) in [5.74, 6) is 0.578. The highest BCUT2D eigenvalue weighted by Gasteiger charge is 2.11. The zero-order chi connectivity index (χ0) is 13.5. The third-order valence-corrected chi connectivity index (χ3v) is 2.68. The summed E-state index contributed by atoms with van der Waals surface area (Å²) < 4.78 is 10.3. The lowest BCUT2D eigenvalue weighted by Gasteiger charge is -2.11. The van der Waals surface area contributed by atoms with Crippen LogP contribution < -0.4 is 10.5 Å². The van der Waals surface area contributed by atoms with Gasteiger partial charge in [0.1, 0.15) is 5.75 Å². The Morgan fingerprint density at radius 1 is 1.39 bits per heavy atom. The van der Waals surface area contributed by atoms with E-state index in [1.807, 2.05) is 0 Å². The van der Waals surface area contributed by atoms with Crippen molar-refractivity contribution in [1.82, 2.24) is 0 Å². The molecular weight excluding hydrogens is 230 g/mol. The summed E-state index contributed by atoms with van der Waals surface area (Å²) in [5, 5.41) is 0. The third kappa shape index (κ3) is 4.28. The van der Waals surface area contributed by atoms with Crippen LogP contribution in [0.2, 0.25) is 0 Å². The number of nitrogens with two attached hydrogens (primary N) is 1. The van der Waals surface area contributed by atoms with Gasteiger partial charge in [-0.05, 0) is 24.5 Å². The molecule has 0 aromatic heterocycles. The van der Waals surface area contributed by atoms with Crippen molar-refractivity contribution in [2.24, 2.45) is 5.92 Å². The van der Waals surface area contributed by atoms with E-state index in [-0.39, 0.29) is 5.97 Å².